The molecule has 0 saturated carbocycles. The molecular weight excluding hydrogens is 436 g/mol. The zero-order valence-electron chi connectivity index (χ0n) is 17.6. The van der Waals surface area contributed by atoms with E-state index in [2.05, 4.69) is 10.6 Å². The number of nitrogens with two attached hydrogens (primary N) is 1. The highest BCUT2D eigenvalue weighted by Crippen LogP contribution is 2.37. The lowest BCUT2D eigenvalue weighted by Gasteiger charge is -2.32. The molecule has 10 heteroatoms. The number of carbonyl (C=O) groups excluding carboxylic acids is 3. The number of nitrogens with one attached hydrogen (secondary N) is 2. The zero-order chi connectivity index (χ0) is 23.1. The summed E-state index contributed by atoms with van der Waals surface area (Å²) in [6, 6.07) is 11.9. The third-order valence-electron chi connectivity index (χ3n) is 4.98. The van der Waals surface area contributed by atoms with Gasteiger partial charge < -0.3 is 30.7 Å². The fraction of sp³-hybridized carbons (Fsp3) is 0.318. The van der Waals surface area contributed by atoms with E-state index < -0.39 is 5.91 Å². The summed E-state index contributed by atoms with van der Waals surface area (Å²) in [5.41, 5.74) is 6.15. The molecule has 0 aliphatic carbocycles. The van der Waals surface area contributed by atoms with E-state index >= 15 is 0 Å². The Morgan fingerprint density at radius 2 is 1.84 bits per heavy atom. The minimum Gasteiger partial charge on any atom is -0.493 e. The Labute approximate surface area is 190 Å². The molecule has 0 atom stereocenters. The Morgan fingerprint density at radius 3 is 2.47 bits per heavy atom. The van der Waals surface area contributed by atoms with Crippen LogP contribution < -0.4 is 25.8 Å². The average molecular weight is 461 g/mol. The van der Waals surface area contributed by atoms with Gasteiger partial charge in [-0.05, 0) is 37.1 Å². The number of anilines is 1. The van der Waals surface area contributed by atoms with E-state index in [4.69, 9.17) is 26.8 Å². The summed E-state index contributed by atoms with van der Waals surface area (Å²) >= 11 is 6.24. The van der Waals surface area contributed by atoms with Crippen molar-refractivity contribution in [3.8, 4) is 11.5 Å². The minimum absolute atomic E-state index is 0.0366. The Bertz CT molecular complexity index is 978. The summed E-state index contributed by atoms with van der Waals surface area (Å²) in [7, 11) is 1.41. The third-order valence-corrected chi connectivity index (χ3v) is 5.26. The quantitative estimate of drug-likeness (QED) is 0.586. The van der Waals surface area contributed by atoms with Gasteiger partial charge in [0.15, 0.2) is 18.1 Å². The number of carbonyl (C=O) groups is 3. The number of ether oxygens (including phenoxy) is 2. The van der Waals surface area contributed by atoms with Gasteiger partial charge in [-0.2, -0.15) is 0 Å². The topological polar surface area (TPSA) is 123 Å². The van der Waals surface area contributed by atoms with Gasteiger partial charge in [0, 0.05) is 30.4 Å². The summed E-state index contributed by atoms with van der Waals surface area (Å²) < 4.78 is 10.6. The molecule has 0 spiro atoms. The second-order valence-corrected chi connectivity index (χ2v) is 7.68. The standard InChI is InChI=1S/C22H25ClN4O5/c1-31-18-12-14(11-17(23)20(18)32-13-19(24)28)21(29)27-9-7-16(8-10-27)26-22(30)25-15-5-3-2-4-6-15/h2-6,11-12,16H,7-10,13H2,1H3,(H2,24,28)(H2,25,26,30). The van der Waals surface area contributed by atoms with Gasteiger partial charge in [-0.25, -0.2) is 4.79 Å². The van der Waals surface area contributed by atoms with Crippen LogP contribution in [0, 0.1) is 0 Å². The van der Waals surface area contributed by atoms with Crippen LogP contribution in [0.25, 0.3) is 0 Å². The Morgan fingerprint density at radius 1 is 1.16 bits per heavy atom. The second-order valence-electron chi connectivity index (χ2n) is 7.28. The molecule has 2 aromatic rings. The average Bonchev–Trinajstić information content (AvgIpc) is 2.78. The summed E-state index contributed by atoms with van der Waals surface area (Å²) in [4.78, 5) is 37.8. The van der Waals surface area contributed by atoms with Crippen LogP contribution in [0.15, 0.2) is 42.5 Å². The molecule has 4 N–H and O–H groups in total. The fourth-order valence-corrected chi connectivity index (χ4v) is 3.68. The van der Waals surface area contributed by atoms with Crippen molar-refractivity contribution in [1.29, 1.82) is 0 Å². The first-order valence-electron chi connectivity index (χ1n) is 10.1. The fourth-order valence-electron chi connectivity index (χ4n) is 3.41. The monoisotopic (exact) mass is 460 g/mol. The largest absolute Gasteiger partial charge is 0.493 e. The van der Waals surface area contributed by atoms with Crippen LogP contribution in [0.3, 0.4) is 0 Å². The number of benzene rings is 2. The van der Waals surface area contributed by atoms with Gasteiger partial charge in [0.25, 0.3) is 11.8 Å². The van der Waals surface area contributed by atoms with E-state index in [-0.39, 0.29) is 41.1 Å². The van der Waals surface area contributed by atoms with E-state index in [1.165, 1.54) is 19.2 Å². The van der Waals surface area contributed by atoms with E-state index in [1.807, 2.05) is 30.3 Å². The van der Waals surface area contributed by atoms with Gasteiger partial charge in [0.2, 0.25) is 0 Å². The Kier molecular flexibility index (Phi) is 7.77. The van der Waals surface area contributed by atoms with Crippen LogP contribution in [-0.2, 0) is 4.79 Å². The maximum atomic E-state index is 13.0. The summed E-state index contributed by atoms with van der Waals surface area (Å²) in [5, 5.41) is 5.87. The van der Waals surface area contributed by atoms with E-state index in [0.717, 1.165) is 0 Å². The SMILES string of the molecule is COc1cc(C(=O)N2CCC(NC(=O)Nc3ccccc3)CC2)cc(Cl)c1OCC(N)=O. The molecule has 2 aromatic carbocycles. The Hall–Kier alpha value is -3.46. The van der Waals surface area contributed by atoms with Gasteiger partial charge in [-0.3, -0.25) is 9.59 Å². The second kappa shape index (κ2) is 10.7. The van der Waals surface area contributed by atoms with Crippen molar-refractivity contribution in [3.63, 3.8) is 0 Å². The number of hydrogen-bond acceptors (Lipinski definition) is 5. The molecule has 1 aliphatic rings. The van der Waals surface area contributed by atoms with E-state index in [1.54, 1.807) is 4.90 Å². The highest BCUT2D eigenvalue weighted by Gasteiger charge is 2.26. The first-order valence-corrected chi connectivity index (χ1v) is 10.5. The molecule has 3 rings (SSSR count). The smallest absolute Gasteiger partial charge is 0.319 e. The molecule has 0 bridgehead atoms. The van der Waals surface area contributed by atoms with Crippen LogP contribution in [0.5, 0.6) is 11.5 Å². The first-order chi connectivity index (χ1) is 15.4. The zero-order valence-corrected chi connectivity index (χ0v) is 18.4. The van der Waals surface area contributed by atoms with Gasteiger partial charge in [-0.1, -0.05) is 29.8 Å². The number of piperidine rings is 1. The highest BCUT2D eigenvalue weighted by atomic mass is 35.5. The molecule has 0 unspecified atom stereocenters. The molecule has 1 aliphatic heterocycles. The number of primary amides is 1. The molecule has 1 heterocycles. The summed E-state index contributed by atoms with van der Waals surface area (Å²) in [6.07, 6.45) is 1.25. The lowest BCUT2D eigenvalue weighted by molar-refractivity contribution is -0.119. The maximum Gasteiger partial charge on any atom is 0.319 e. The van der Waals surface area contributed by atoms with Crippen LogP contribution in [0.1, 0.15) is 23.2 Å². The van der Waals surface area contributed by atoms with Crippen molar-refractivity contribution in [1.82, 2.24) is 10.2 Å². The van der Waals surface area contributed by atoms with Crippen molar-refractivity contribution < 1.29 is 23.9 Å². The van der Waals surface area contributed by atoms with Gasteiger partial charge in [0.1, 0.15) is 0 Å². The summed E-state index contributed by atoms with van der Waals surface area (Å²) in [6.45, 7) is 0.603. The van der Waals surface area contributed by atoms with E-state index in [9.17, 15) is 14.4 Å². The van der Waals surface area contributed by atoms with Gasteiger partial charge in [0.05, 0.1) is 12.1 Å². The van der Waals surface area contributed by atoms with Crippen LogP contribution >= 0.6 is 11.6 Å². The van der Waals surface area contributed by atoms with Crippen molar-refractivity contribution in [2.45, 2.75) is 18.9 Å². The molecule has 4 amide bonds. The molecule has 1 fully saturated rings. The number of amides is 4. The van der Waals surface area contributed by atoms with Crippen LogP contribution in [0.2, 0.25) is 5.02 Å². The predicted molar refractivity (Wildman–Crippen MR) is 120 cm³/mol. The third kappa shape index (κ3) is 6.04. The molecule has 1 saturated heterocycles. The number of hydrogen-bond donors (Lipinski definition) is 3. The lowest BCUT2D eigenvalue weighted by atomic mass is 10.0. The van der Waals surface area contributed by atoms with Gasteiger partial charge >= 0.3 is 6.03 Å². The number of nitrogens with zero attached hydrogens (tertiary/aromatic N) is 1. The number of methoxy groups -OCH3 is 1. The lowest BCUT2D eigenvalue weighted by Crippen LogP contribution is -2.47. The molecule has 32 heavy (non-hydrogen) atoms. The molecule has 0 radical (unpaired) electrons. The number of urea groups is 1. The van der Waals surface area contributed by atoms with Crippen molar-refractivity contribution in [2.24, 2.45) is 5.73 Å². The Balaban J connectivity index is 1.57. The van der Waals surface area contributed by atoms with Crippen LogP contribution in [0.4, 0.5) is 10.5 Å². The van der Waals surface area contributed by atoms with E-state index in [0.29, 0.717) is 37.2 Å². The molecular formula is C22H25ClN4O5. The highest BCUT2D eigenvalue weighted by molar-refractivity contribution is 6.32. The van der Waals surface area contributed by atoms with Crippen molar-refractivity contribution in [3.05, 3.63) is 53.1 Å². The number of para-hydroxylation sites is 1. The van der Waals surface area contributed by atoms with Crippen LogP contribution in [-0.4, -0.2) is 55.6 Å². The number of rotatable bonds is 7. The molecule has 0 aromatic heterocycles. The van der Waals surface area contributed by atoms with Crippen molar-refractivity contribution in [2.75, 3.05) is 32.1 Å². The number of halogens is 1. The molecule has 170 valence electrons. The van der Waals surface area contributed by atoms with Gasteiger partial charge in [-0.15, -0.1) is 0 Å². The first kappa shape index (κ1) is 23.2. The molecule has 9 nitrogen and oxygen atoms in total. The summed E-state index contributed by atoms with van der Waals surface area (Å²) in [5.74, 6) is -0.482. The normalized spacial score (nSPS) is 13.9. The predicted octanol–water partition coefficient (Wildman–Crippen LogP) is 2.64. The van der Waals surface area contributed by atoms with Crippen molar-refractivity contribution >= 4 is 35.1 Å². The minimum atomic E-state index is -0.655. The maximum absolute atomic E-state index is 13.0. The number of likely N-dealkylation sites (tertiary alicyclic amines) is 1.